The van der Waals surface area contributed by atoms with Crippen LogP contribution in [0.1, 0.15) is 23.7 Å². The van der Waals surface area contributed by atoms with E-state index in [2.05, 4.69) is 4.90 Å². The zero-order valence-electron chi connectivity index (χ0n) is 14.2. The Hall–Kier alpha value is -2.82. The fourth-order valence-electron chi connectivity index (χ4n) is 3.49. The third-order valence-electron chi connectivity index (χ3n) is 4.57. The standard InChI is InChI=1S/C20H22N2O3/c1-15-13-21(17-10-6-3-7-11-17)14-18(12-19(23)24)22(15)20(25)16-8-4-2-5-9-16/h2-11,15,18H,12-14H2,1H3,(H,23,24)/t15-,18-/m1/s1. The van der Waals surface area contributed by atoms with Gasteiger partial charge < -0.3 is 14.9 Å². The van der Waals surface area contributed by atoms with Crippen LogP contribution in [-0.4, -0.2) is 47.1 Å². The van der Waals surface area contributed by atoms with Crippen molar-refractivity contribution in [2.75, 3.05) is 18.0 Å². The minimum atomic E-state index is -0.891. The first-order valence-electron chi connectivity index (χ1n) is 8.45. The highest BCUT2D eigenvalue weighted by atomic mass is 16.4. The molecular weight excluding hydrogens is 316 g/mol. The van der Waals surface area contributed by atoms with E-state index in [-0.39, 0.29) is 24.4 Å². The molecule has 0 aliphatic carbocycles. The molecule has 0 saturated carbocycles. The summed E-state index contributed by atoms with van der Waals surface area (Å²) in [5, 5.41) is 9.32. The van der Waals surface area contributed by atoms with Crippen molar-refractivity contribution in [1.82, 2.24) is 4.90 Å². The molecule has 1 saturated heterocycles. The molecule has 0 spiro atoms. The summed E-state index contributed by atoms with van der Waals surface area (Å²) in [5.74, 6) is -0.995. The largest absolute Gasteiger partial charge is 0.481 e. The zero-order valence-corrected chi connectivity index (χ0v) is 14.2. The number of anilines is 1. The van der Waals surface area contributed by atoms with Crippen LogP contribution in [0.5, 0.6) is 0 Å². The molecule has 1 amide bonds. The van der Waals surface area contributed by atoms with Crippen molar-refractivity contribution in [3.05, 3.63) is 66.2 Å². The molecule has 3 rings (SSSR count). The van der Waals surface area contributed by atoms with Crippen molar-refractivity contribution in [2.45, 2.75) is 25.4 Å². The van der Waals surface area contributed by atoms with Gasteiger partial charge in [0.05, 0.1) is 12.5 Å². The summed E-state index contributed by atoms with van der Waals surface area (Å²) in [5.41, 5.74) is 1.65. The van der Waals surface area contributed by atoms with Crippen LogP contribution in [0.15, 0.2) is 60.7 Å². The van der Waals surface area contributed by atoms with Crippen LogP contribution in [0.25, 0.3) is 0 Å². The van der Waals surface area contributed by atoms with Crippen molar-refractivity contribution >= 4 is 17.6 Å². The van der Waals surface area contributed by atoms with Crippen LogP contribution in [0.3, 0.4) is 0 Å². The van der Waals surface area contributed by atoms with E-state index in [1.807, 2.05) is 55.5 Å². The van der Waals surface area contributed by atoms with Gasteiger partial charge in [-0.1, -0.05) is 36.4 Å². The molecule has 2 atom stereocenters. The van der Waals surface area contributed by atoms with Crippen molar-refractivity contribution in [3.8, 4) is 0 Å². The second kappa shape index (κ2) is 7.38. The molecule has 0 aromatic heterocycles. The molecule has 5 heteroatoms. The monoisotopic (exact) mass is 338 g/mol. The van der Waals surface area contributed by atoms with Gasteiger partial charge in [0.2, 0.25) is 0 Å². The van der Waals surface area contributed by atoms with Crippen molar-refractivity contribution in [3.63, 3.8) is 0 Å². The predicted octanol–water partition coefficient (Wildman–Crippen LogP) is 2.88. The summed E-state index contributed by atoms with van der Waals surface area (Å²) in [7, 11) is 0. The van der Waals surface area contributed by atoms with E-state index in [9.17, 15) is 14.7 Å². The van der Waals surface area contributed by atoms with E-state index >= 15 is 0 Å². The maximum absolute atomic E-state index is 13.0. The lowest BCUT2D eigenvalue weighted by molar-refractivity contribution is -0.138. The molecule has 1 aliphatic rings. The Labute approximate surface area is 147 Å². The highest BCUT2D eigenvalue weighted by Gasteiger charge is 2.36. The summed E-state index contributed by atoms with van der Waals surface area (Å²) < 4.78 is 0. The van der Waals surface area contributed by atoms with E-state index in [0.717, 1.165) is 5.69 Å². The topological polar surface area (TPSA) is 60.9 Å². The number of rotatable bonds is 4. The SMILES string of the molecule is C[C@@H]1CN(c2ccccc2)C[C@@H](CC(=O)O)N1C(=O)c1ccccc1. The van der Waals surface area contributed by atoms with Crippen molar-refractivity contribution in [2.24, 2.45) is 0 Å². The highest BCUT2D eigenvalue weighted by Crippen LogP contribution is 2.25. The number of aliphatic carboxylic acids is 1. The molecule has 2 aromatic carbocycles. The average molecular weight is 338 g/mol. The Balaban J connectivity index is 1.87. The summed E-state index contributed by atoms with van der Waals surface area (Å²) in [4.78, 5) is 28.2. The second-order valence-electron chi connectivity index (χ2n) is 6.42. The molecule has 0 radical (unpaired) electrons. The Morgan fingerprint density at radius 2 is 1.60 bits per heavy atom. The van der Waals surface area contributed by atoms with Gasteiger partial charge in [-0.15, -0.1) is 0 Å². The number of hydrogen-bond donors (Lipinski definition) is 1. The fourth-order valence-corrected chi connectivity index (χ4v) is 3.49. The molecule has 0 unspecified atom stereocenters. The van der Waals surface area contributed by atoms with Gasteiger partial charge in [-0.2, -0.15) is 0 Å². The Morgan fingerprint density at radius 3 is 2.20 bits per heavy atom. The lowest BCUT2D eigenvalue weighted by atomic mass is 10.0. The lowest BCUT2D eigenvalue weighted by Crippen LogP contribution is -2.60. The zero-order chi connectivity index (χ0) is 17.8. The number of para-hydroxylation sites is 1. The molecule has 1 fully saturated rings. The molecule has 0 bridgehead atoms. The van der Waals surface area contributed by atoms with Crippen molar-refractivity contribution < 1.29 is 14.7 Å². The van der Waals surface area contributed by atoms with Crippen LogP contribution >= 0.6 is 0 Å². The van der Waals surface area contributed by atoms with Gasteiger partial charge in [-0.05, 0) is 31.2 Å². The third kappa shape index (κ3) is 3.82. The number of amides is 1. The molecule has 130 valence electrons. The van der Waals surface area contributed by atoms with Gasteiger partial charge >= 0.3 is 5.97 Å². The van der Waals surface area contributed by atoms with Gasteiger partial charge in [-0.3, -0.25) is 9.59 Å². The van der Waals surface area contributed by atoms with Gasteiger partial charge in [0, 0.05) is 30.4 Å². The van der Waals surface area contributed by atoms with Crippen molar-refractivity contribution in [1.29, 1.82) is 0 Å². The molecule has 1 N–H and O–H groups in total. The average Bonchev–Trinajstić information content (AvgIpc) is 2.62. The van der Waals surface area contributed by atoms with E-state index in [1.54, 1.807) is 17.0 Å². The number of carbonyl (C=O) groups is 2. The highest BCUT2D eigenvalue weighted by molar-refractivity contribution is 5.95. The van der Waals surface area contributed by atoms with Gasteiger partial charge in [-0.25, -0.2) is 0 Å². The first kappa shape index (κ1) is 17.0. The number of hydrogen-bond acceptors (Lipinski definition) is 3. The van der Waals surface area contributed by atoms with Crippen LogP contribution in [-0.2, 0) is 4.79 Å². The summed E-state index contributed by atoms with van der Waals surface area (Å²) >= 11 is 0. The summed E-state index contributed by atoms with van der Waals surface area (Å²) in [6, 6.07) is 18.5. The smallest absolute Gasteiger partial charge is 0.305 e. The molecular formula is C20H22N2O3. The third-order valence-corrected chi connectivity index (χ3v) is 4.57. The molecule has 2 aromatic rings. The number of nitrogens with zero attached hydrogens (tertiary/aromatic N) is 2. The molecule has 25 heavy (non-hydrogen) atoms. The predicted molar refractivity (Wildman–Crippen MR) is 96.8 cm³/mol. The second-order valence-corrected chi connectivity index (χ2v) is 6.42. The van der Waals surface area contributed by atoms with E-state index < -0.39 is 5.97 Å². The van der Waals surface area contributed by atoms with Crippen LogP contribution in [0.2, 0.25) is 0 Å². The number of piperazine rings is 1. The normalized spacial score (nSPS) is 20.4. The number of carbonyl (C=O) groups excluding carboxylic acids is 1. The molecule has 1 aliphatic heterocycles. The van der Waals surface area contributed by atoms with Crippen LogP contribution in [0.4, 0.5) is 5.69 Å². The fraction of sp³-hybridized carbons (Fsp3) is 0.300. The number of carboxylic acids is 1. The molecule has 1 heterocycles. The summed E-state index contributed by atoms with van der Waals surface area (Å²) in [6.45, 7) is 3.17. The maximum Gasteiger partial charge on any atom is 0.305 e. The number of carboxylic acid groups (broad SMARTS) is 1. The molecule has 5 nitrogen and oxygen atoms in total. The lowest BCUT2D eigenvalue weighted by Gasteiger charge is -2.46. The Morgan fingerprint density at radius 1 is 1.00 bits per heavy atom. The quantitative estimate of drug-likeness (QED) is 0.931. The van der Waals surface area contributed by atoms with Crippen LogP contribution < -0.4 is 4.90 Å². The Bertz CT molecular complexity index is 733. The van der Waals surface area contributed by atoms with E-state index in [0.29, 0.717) is 18.7 Å². The minimum Gasteiger partial charge on any atom is -0.481 e. The van der Waals surface area contributed by atoms with Gasteiger partial charge in [0.25, 0.3) is 5.91 Å². The summed E-state index contributed by atoms with van der Waals surface area (Å²) in [6.07, 6.45) is -0.0632. The first-order valence-corrected chi connectivity index (χ1v) is 8.45. The Kier molecular flexibility index (Phi) is 5.03. The van der Waals surface area contributed by atoms with E-state index in [4.69, 9.17) is 0 Å². The maximum atomic E-state index is 13.0. The van der Waals surface area contributed by atoms with Gasteiger partial charge in [0.15, 0.2) is 0 Å². The minimum absolute atomic E-state index is 0.0632. The first-order chi connectivity index (χ1) is 12.1. The van der Waals surface area contributed by atoms with E-state index in [1.165, 1.54) is 0 Å². The number of benzene rings is 2. The van der Waals surface area contributed by atoms with Crippen LogP contribution in [0, 0.1) is 0 Å². The van der Waals surface area contributed by atoms with Gasteiger partial charge in [0.1, 0.15) is 0 Å².